The Morgan fingerprint density at radius 2 is 1.82 bits per heavy atom. The van der Waals surface area contributed by atoms with E-state index in [0.29, 0.717) is 40.4 Å². The Morgan fingerprint density at radius 1 is 1.09 bits per heavy atom. The van der Waals surface area contributed by atoms with Gasteiger partial charge in [-0.2, -0.15) is 0 Å². The van der Waals surface area contributed by atoms with Gasteiger partial charge in [-0.05, 0) is 41.1 Å². The van der Waals surface area contributed by atoms with Crippen LogP contribution < -0.4 is 18.9 Å². The molecule has 8 nitrogen and oxygen atoms in total. The number of nitrogens with zero attached hydrogens (tertiary/aromatic N) is 2. The van der Waals surface area contributed by atoms with E-state index in [4.69, 9.17) is 18.9 Å². The third-order valence-corrected chi connectivity index (χ3v) is 6.40. The van der Waals surface area contributed by atoms with E-state index in [1.165, 1.54) is 14.2 Å². The zero-order chi connectivity index (χ0) is 23.5. The number of fused-ring (bicyclic) bond motifs is 1. The molecule has 2 aromatic rings. The van der Waals surface area contributed by atoms with E-state index in [2.05, 4.69) is 19.0 Å². The highest BCUT2D eigenvalue weighted by molar-refractivity contribution is 5.79. The van der Waals surface area contributed by atoms with E-state index in [-0.39, 0.29) is 24.8 Å². The second-order valence-corrected chi connectivity index (χ2v) is 8.97. The molecule has 0 aromatic heterocycles. The lowest BCUT2D eigenvalue weighted by molar-refractivity contribution is -0.134. The van der Waals surface area contributed by atoms with E-state index in [0.717, 1.165) is 25.1 Å². The van der Waals surface area contributed by atoms with Gasteiger partial charge in [0.2, 0.25) is 12.7 Å². The molecule has 3 unspecified atom stereocenters. The number of nitroso groups, excluding NO2 is 1. The number of amides is 1. The van der Waals surface area contributed by atoms with Crippen molar-refractivity contribution in [2.24, 2.45) is 17.0 Å². The third-order valence-electron chi connectivity index (χ3n) is 6.40. The van der Waals surface area contributed by atoms with Crippen molar-refractivity contribution < 1.29 is 23.7 Å². The summed E-state index contributed by atoms with van der Waals surface area (Å²) in [6.07, 6.45) is 1.28. The average molecular weight is 455 g/mol. The summed E-state index contributed by atoms with van der Waals surface area (Å²) in [4.78, 5) is 27.3. The molecule has 2 aromatic carbocycles. The fourth-order valence-corrected chi connectivity index (χ4v) is 4.99. The Labute approximate surface area is 193 Å². The van der Waals surface area contributed by atoms with Crippen molar-refractivity contribution >= 4 is 11.6 Å². The highest BCUT2D eigenvalue weighted by atomic mass is 16.7. The Bertz CT molecular complexity index is 1030. The Hall–Kier alpha value is -3.29. The number of methoxy groups -OCH3 is 2. The van der Waals surface area contributed by atoms with Gasteiger partial charge in [-0.3, -0.25) is 4.79 Å². The maximum absolute atomic E-state index is 13.5. The molecule has 2 heterocycles. The second-order valence-electron chi connectivity index (χ2n) is 8.97. The Kier molecular flexibility index (Phi) is 6.72. The standard InChI is InChI=1S/C25H30N2O6/c1-15-7-16(2)13-27(12-15)24(28)11-19(17-5-6-21-22(8-17)33-14-32-21)25-20(26-29)9-18(30-3)10-23(25)31-4/h5-6,8-10,15-16,19H,7,11-14H2,1-4H3. The molecule has 3 atom stereocenters. The van der Waals surface area contributed by atoms with Crippen LogP contribution in [0.15, 0.2) is 35.5 Å². The minimum absolute atomic E-state index is 0.0331. The van der Waals surface area contributed by atoms with Crippen LogP contribution in [0, 0.1) is 16.7 Å². The lowest BCUT2D eigenvalue weighted by Crippen LogP contribution is -2.43. The molecular formula is C25H30N2O6. The molecule has 0 aliphatic carbocycles. The summed E-state index contributed by atoms with van der Waals surface area (Å²) < 4.78 is 22.0. The summed E-state index contributed by atoms with van der Waals surface area (Å²) in [7, 11) is 3.04. The van der Waals surface area contributed by atoms with Crippen LogP contribution in [0.25, 0.3) is 0 Å². The van der Waals surface area contributed by atoms with Crippen LogP contribution in [0.5, 0.6) is 23.0 Å². The number of likely N-dealkylation sites (tertiary alicyclic amines) is 1. The fourth-order valence-electron chi connectivity index (χ4n) is 4.99. The predicted molar refractivity (Wildman–Crippen MR) is 124 cm³/mol. The Balaban J connectivity index is 1.77. The largest absolute Gasteiger partial charge is 0.497 e. The monoisotopic (exact) mass is 454 g/mol. The van der Waals surface area contributed by atoms with Crippen molar-refractivity contribution in [1.29, 1.82) is 0 Å². The minimum atomic E-state index is -0.465. The molecule has 0 spiro atoms. The summed E-state index contributed by atoms with van der Waals surface area (Å²) in [5.74, 6) is 2.63. The van der Waals surface area contributed by atoms with Crippen LogP contribution in [0.2, 0.25) is 0 Å². The zero-order valence-corrected chi connectivity index (χ0v) is 19.5. The predicted octanol–water partition coefficient (Wildman–Crippen LogP) is 4.86. The van der Waals surface area contributed by atoms with Crippen LogP contribution in [-0.4, -0.2) is 44.9 Å². The molecule has 0 N–H and O–H groups in total. The van der Waals surface area contributed by atoms with Gasteiger partial charge in [-0.1, -0.05) is 19.9 Å². The summed E-state index contributed by atoms with van der Waals surface area (Å²) >= 11 is 0. The quantitative estimate of drug-likeness (QED) is 0.556. The van der Waals surface area contributed by atoms with Crippen LogP contribution in [0.1, 0.15) is 43.7 Å². The highest BCUT2D eigenvalue weighted by Crippen LogP contribution is 2.46. The van der Waals surface area contributed by atoms with Gasteiger partial charge in [0.25, 0.3) is 0 Å². The van der Waals surface area contributed by atoms with Crippen LogP contribution in [0.4, 0.5) is 5.69 Å². The van der Waals surface area contributed by atoms with Crippen molar-refractivity contribution in [2.45, 2.75) is 32.6 Å². The molecule has 1 fully saturated rings. The molecule has 1 amide bonds. The maximum atomic E-state index is 13.5. The normalized spacial score (nSPS) is 20.3. The molecule has 33 heavy (non-hydrogen) atoms. The first-order valence-corrected chi connectivity index (χ1v) is 11.2. The van der Waals surface area contributed by atoms with E-state index >= 15 is 0 Å². The van der Waals surface area contributed by atoms with Gasteiger partial charge in [-0.15, -0.1) is 4.91 Å². The Morgan fingerprint density at radius 3 is 2.48 bits per heavy atom. The number of rotatable bonds is 7. The molecule has 176 valence electrons. The summed E-state index contributed by atoms with van der Waals surface area (Å²) in [5, 5.41) is 3.26. The molecule has 0 radical (unpaired) electrons. The summed E-state index contributed by atoms with van der Waals surface area (Å²) in [5.41, 5.74) is 1.56. The van der Waals surface area contributed by atoms with Crippen molar-refractivity contribution in [1.82, 2.24) is 4.90 Å². The van der Waals surface area contributed by atoms with Gasteiger partial charge in [-0.25, -0.2) is 0 Å². The molecule has 1 saturated heterocycles. The average Bonchev–Trinajstić information content (AvgIpc) is 3.29. The van der Waals surface area contributed by atoms with E-state index in [9.17, 15) is 9.70 Å². The van der Waals surface area contributed by atoms with E-state index < -0.39 is 5.92 Å². The zero-order valence-electron chi connectivity index (χ0n) is 19.5. The number of hydrogen-bond acceptors (Lipinski definition) is 7. The van der Waals surface area contributed by atoms with Crippen LogP contribution in [-0.2, 0) is 4.79 Å². The minimum Gasteiger partial charge on any atom is -0.497 e. The lowest BCUT2D eigenvalue weighted by atomic mass is 9.85. The first-order valence-electron chi connectivity index (χ1n) is 11.2. The van der Waals surface area contributed by atoms with Crippen molar-refractivity contribution in [2.75, 3.05) is 34.1 Å². The number of carbonyl (C=O) groups is 1. The molecule has 2 aliphatic heterocycles. The number of piperidine rings is 1. The summed E-state index contributed by atoms with van der Waals surface area (Å²) in [6.45, 7) is 5.96. The second kappa shape index (κ2) is 9.68. The van der Waals surface area contributed by atoms with Crippen molar-refractivity contribution in [3.63, 3.8) is 0 Å². The smallest absolute Gasteiger partial charge is 0.231 e. The van der Waals surface area contributed by atoms with Gasteiger partial charge in [0.05, 0.1) is 14.2 Å². The van der Waals surface area contributed by atoms with Gasteiger partial charge in [0.15, 0.2) is 11.5 Å². The van der Waals surface area contributed by atoms with Gasteiger partial charge >= 0.3 is 0 Å². The van der Waals surface area contributed by atoms with Crippen molar-refractivity contribution in [3.05, 3.63) is 46.4 Å². The topological polar surface area (TPSA) is 86.7 Å². The highest BCUT2D eigenvalue weighted by Gasteiger charge is 2.32. The molecule has 4 rings (SSSR count). The number of carbonyl (C=O) groups excluding carboxylic acids is 1. The first-order chi connectivity index (χ1) is 15.9. The third kappa shape index (κ3) is 4.74. The van der Waals surface area contributed by atoms with Gasteiger partial charge in [0.1, 0.15) is 17.2 Å². The molecule has 0 bridgehead atoms. The molecule has 2 aliphatic rings. The molecule has 0 saturated carbocycles. The van der Waals surface area contributed by atoms with Crippen LogP contribution in [0.3, 0.4) is 0 Å². The SMILES string of the molecule is COc1cc(N=O)c(C(CC(=O)N2CC(C)CC(C)C2)c2ccc3c(c2)OCO3)c(OC)c1. The van der Waals surface area contributed by atoms with Crippen LogP contribution >= 0.6 is 0 Å². The molecule has 8 heteroatoms. The number of hydrogen-bond donors (Lipinski definition) is 0. The van der Waals surface area contributed by atoms with Crippen molar-refractivity contribution in [3.8, 4) is 23.0 Å². The van der Waals surface area contributed by atoms with Gasteiger partial charge in [0, 0.05) is 43.1 Å². The number of benzene rings is 2. The molecular weight excluding hydrogens is 424 g/mol. The lowest BCUT2D eigenvalue weighted by Gasteiger charge is -2.36. The summed E-state index contributed by atoms with van der Waals surface area (Å²) in [6, 6.07) is 8.86. The van der Waals surface area contributed by atoms with E-state index in [1.54, 1.807) is 12.1 Å². The van der Waals surface area contributed by atoms with E-state index in [1.807, 2.05) is 23.1 Å². The number of ether oxygens (including phenoxy) is 4. The first kappa shape index (κ1) is 22.9. The fraction of sp³-hybridized carbons (Fsp3) is 0.480. The van der Waals surface area contributed by atoms with Gasteiger partial charge < -0.3 is 23.8 Å². The maximum Gasteiger partial charge on any atom is 0.231 e.